The van der Waals surface area contributed by atoms with E-state index in [9.17, 15) is 0 Å². The summed E-state index contributed by atoms with van der Waals surface area (Å²) in [7, 11) is 1.65. The highest BCUT2D eigenvalue weighted by Crippen LogP contribution is 2.47. The Bertz CT molecular complexity index is 426. The molecular formula is C13H19N3OS. The van der Waals surface area contributed by atoms with Gasteiger partial charge in [0.15, 0.2) is 5.96 Å². The number of methoxy groups -OCH3 is 1. The highest BCUT2D eigenvalue weighted by molar-refractivity contribution is 8.00. The number of nitrogens with zero attached hydrogens (tertiary/aromatic N) is 1. The van der Waals surface area contributed by atoms with Crippen LogP contribution in [0.25, 0.3) is 0 Å². The topological polar surface area (TPSA) is 59.6 Å². The third-order valence-electron chi connectivity index (χ3n) is 3.14. The molecule has 0 saturated heterocycles. The largest absolute Gasteiger partial charge is 0.497 e. The minimum atomic E-state index is 0.353. The molecule has 1 aliphatic rings. The molecule has 98 valence electrons. The Morgan fingerprint density at radius 3 is 2.61 bits per heavy atom. The first-order chi connectivity index (χ1) is 8.67. The smallest absolute Gasteiger partial charge is 0.193 e. The van der Waals surface area contributed by atoms with E-state index in [4.69, 9.17) is 10.5 Å². The summed E-state index contributed by atoms with van der Waals surface area (Å²) < 4.78 is 5.45. The van der Waals surface area contributed by atoms with E-state index in [0.717, 1.165) is 18.0 Å². The van der Waals surface area contributed by atoms with Crippen LogP contribution in [-0.4, -0.2) is 30.6 Å². The van der Waals surface area contributed by atoms with Crippen molar-refractivity contribution in [2.45, 2.75) is 17.6 Å². The number of aliphatic imine (C=N–C) groups is 1. The fourth-order valence-electron chi connectivity index (χ4n) is 1.66. The molecule has 18 heavy (non-hydrogen) atoms. The van der Waals surface area contributed by atoms with Gasteiger partial charge in [-0.1, -0.05) is 0 Å². The first kappa shape index (κ1) is 13.1. The minimum Gasteiger partial charge on any atom is -0.497 e. The summed E-state index contributed by atoms with van der Waals surface area (Å²) in [6.45, 7) is 0.795. The fourth-order valence-corrected chi connectivity index (χ4v) is 2.36. The molecule has 1 aliphatic carbocycles. The van der Waals surface area contributed by atoms with Crippen molar-refractivity contribution in [3.05, 3.63) is 24.3 Å². The maximum absolute atomic E-state index is 5.86. The number of benzene rings is 1. The van der Waals surface area contributed by atoms with Crippen LogP contribution in [-0.2, 0) is 0 Å². The van der Waals surface area contributed by atoms with Gasteiger partial charge in [-0.25, -0.2) is 0 Å². The number of hydrogen-bond donors (Lipinski definition) is 2. The molecule has 4 nitrogen and oxygen atoms in total. The van der Waals surface area contributed by atoms with E-state index in [2.05, 4.69) is 16.6 Å². The maximum atomic E-state index is 5.86. The van der Waals surface area contributed by atoms with Gasteiger partial charge in [-0.2, -0.15) is 11.8 Å². The number of thioether (sulfide) groups is 1. The van der Waals surface area contributed by atoms with Gasteiger partial charge in [0.1, 0.15) is 5.75 Å². The van der Waals surface area contributed by atoms with Gasteiger partial charge >= 0.3 is 0 Å². The van der Waals surface area contributed by atoms with Gasteiger partial charge < -0.3 is 15.8 Å². The van der Waals surface area contributed by atoms with Gasteiger partial charge in [-0.15, -0.1) is 0 Å². The molecule has 0 aliphatic heterocycles. The normalized spacial score (nSPS) is 17.3. The van der Waals surface area contributed by atoms with E-state index in [-0.39, 0.29) is 0 Å². The Hall–Kier alpha value is -1.36. The van der Waals surface area contributed by atoms with Gasteiger partial charge in [0, 0.05) is 10.4 Å². The van der Waals surface area contributed by atoms with Gasteiger partial charge in [-0.3, -0.25) is 4.99 Å². The summed E-state index contributed by atoms with van der Waals surface area (Å²) in [5.74, 6) is 1.30. The van der Waals surface area contributed by atoms with Crippen LogP contribution in [0.15, 0.2) is 29.3 Å². The van der Waals surface area contributed by atoms with E-state index in [1.54, 1.807) is 7.11 Å². The van der Waals surface area contributed by atoms with Crippen molar-refractivity contribution < 1.29 is 4.74 Å². The van der Waals surface area contributed by atoms with Crippen LogP contribution >= 0.6 is 11.8 Å². The van der Waals surface area contributed by atoms with Gasteiger partial charge in [0.25, 0.3) is 0 Å². The zero-order valence-corrected chi connectivity index (χ0v) is 11.6. The van der Waals surface area contributed by atoms with Crippen molar-refractivity contribution in [2.24, 2.45) is 10.7 Å². The third kappa shape index (κ3) is 3.32. The first-order valence-corrected chi connectivity index (χ1v) is 7.16. The molecule has 2 rings (SSSR count). The highest BCUT2D eigenvalue weighted by Gasteiger charge is 2.41. The van der Waals surface area contributed by atoms with E-state index in [0.29, 0.717) is 10.7 Å². The van der Waals surface area contributed by atoms with Crippen molar-refractivity contribution in [3.8, 4) is 5.75 Å². The number of anilines is 1. The molecule has 1 aromatic rings. The standard InChI is InChI=1S/C13H19N3OS/c1-17-11-5-3-10(4-6-11)16-12(14)15-9-13(18-2)7-8-13/h3-6H,7-9H2,1-2H3,(H3,14,15,16). The van der Waals surface area contributed by atoms with Crippen LogP contribution < -0.4 is 15.8 Å². The number of nitrogens with two attached hydrogens (primary N) is 1. The predicted molar refractivity (Wildman–Crippen MR) is 78.6 cm³/mol. The molecule has 0 radical (unpaired) electrons. The average molecular weight is 265 g/mol. The molecule has 1 saturated carbocycles. The molecule has 0 amide bonds. The molecule has 1 fully saturated rings. The molecular weight excluding hydrogens is 246 g/mol. The lowest BCUT2D eigenvalue weighted by molar-refractivity contribution is 0.415. The lowest BCUT2D eigenvalue weighted by Gasteiger charge is -2.10. The summed E-state index contributed by atoms with van der Waals surface area (Å²) in [4.78, 5) is 4.40. The molecule has 3 N–H and O–H groups in total. The zero-order valence-electron chi connectivity index (χ0n) is 10.8. The summed E-state index contributed by atoms with van der Waals surface area (Å²) >= 11 is 1.88. The van der Waals surface area contributed by atoms with Crippen molar-refractivity contribution in [2.75, 3.05) is 25.2 Å². The van der Waals surface area contributed by atoms with E-state index < -0.39 is 0 Å². The highest BCUT2D eigenvalue weighted by atomic mass is 32.2. The molecule has 1 aromatic carbocycles. The second kappa shape index (κ2) is 5.52. The number of ether oxygens (including phenoxy) is 1. The Balaban J connectivity index is 1.89. The average Bonchev–Trinajstić information content (AvgIpc) is 3.18. The number of hydrogen-bond acceptors (Lipinski definition) is 3. The Morgan fingerprint density at radius 2 is 2.11 bits per heavy atom. The van der Waals surface area contributed by atoms with Crippen LogP contribution in [0.1, 0.15) is 12.8 Å². The lowest BCUT2D eigenvalue weighted by atomic mass is 10.3. The van der Waals surface area contributed by atoms with Crippen LogP contribution in [0.2, 0.25) is 0 Å². The monoisotopic (exact) mass is 265 g/mol. The number of rotatable bonds is 5. The summed E-state index contributed by atoms with van der Waals surface area (Å²) in [6, 6.07) is 7.62. The van der Waals surface area contributed by atoms with Gasteiger partial charge in [0.05, 0.1) is 13.7 Å². The van der Waals surface area contributed by atoms with Crippen molar-refractivity contribution in [1.82, 2.24) is 0 Å². The molecule has 0 heterocycles. The minimum absolute atomic E-state index is 0.353. The lowest BCUT2D eigenvalue weighted by Crippen LogP contribution is -2.24. The molecule has 0 aromatic heterocycles. The first-order valence-electron chi connectivity index (χ1n) is 5.94. The third-order valence-corrected chi connectivity index (χ3v) is 4.54. The van der Waals surface area contributed by atoms with Crippen LogP contribution in [0, 0.1) is 0 Å². The SMILES string of the molecule is COc1ccc(NC(N)=NCC2(SC)CC2)cc1. The Kier molecular flexibility index (Phi) is 4.01. The number of guanidine groups is 1. The van der Waals surface area contributed by atoms with Gasteiger partial charge in [0.2, 0.25) is 0 Å². The van der Waals surface area contributed by atoms with Crippen LogP contribution in [0.4, 0.5) is 5.69 Å². The summed E-state index contributed by atoms with van der Waals surface area (Å²) in [5.41, 5.74) is 6.79. The fraction of sp³-hybridized carbons (Fsp3) is 0.462. The zero-order chi connectivity index (χ0) is 13.0. The van der Waals surface area contributed by atoms with Crippen LogP contribution in [0.3, 0.4) is 0 Å². The van der Waals surface area contributed by atoms with Gasteiger partial charge in [-0.05, 0) is 43.4 Å². The second-order valence-electron chi connectivity index (χ2n) is 4.44. The predicted octanol–water partition coefficient (Wildman–Crippen LogP) is 2.32. The molecule has 0 unspecified atom stereocenters. The molecule has 0 bridgehead atoms. The Morgan fingerprint density at radius 1 is 1.44 bits per heavy atom. The molecule has 5 heteroatoms. The van der Waals surface area contributed by atoms with Crippen molar-refractivity contribution >= 4 is 23.4 Å². The second-order valence-corrected chi connectivity index (χ2v) is 5.72. The van der Waals surface area contributed by atoms with Crippen molar-refractivity contribution in [3.63, 3.8) is 0 Å². The van der Waals surface area contributed by atoms with E-state index in [1.165, 1.54) is 12.8 Å². The van der Waals surface area contributed by atoms with E-state index in [1.807, 2.05) is 36.0 Å². The summed E-state index contributed by atoms with van der Waals surface area (Å²) in [6.07, 6.45) is 4.62. The number of nitrogens with one attached hydrogen (secondary N) is 1. The Labute approximate surface area is 112 Å². The van der Waals surface area contributed by atoms with Crippen molar-refractivity contribution in [1.29, 1.82) is 0 Å². The summed E-state index contributed by atoms with van der Waals surface area (Å²) in [5, 5.41) is 3.08. The quantitative estimate of drug-likeness (QED) is 0.633. The van der Waals surface area contributed by atoms with Crippen LogP contribution in [0.5, 0.6) is 5.75 Å². The molecule has 0 spiro atoms. The van der Waals surface area contributed by atoms with E-state index >= 15 is 0 Å². The molecule has 0 atom stereocenters. The maximum Gasteiger partial charge on any atom is 0.193 e.